The molecular formula is C17H26ClNO3. The standard InChI is InChI=1S/C17H25NO3.ClH/c19-17(20)8-4-5-10-18-11-9-16(12-18)14-21-13-15-6-2-1-3-7-15;/h1-3,6-7,16H,4-5,8-14H2,(H,19,20);1H. The Morgan fingerprint density at radius 3 is 2.77 bits per heavy atom. The first kappa shape index (κ1) is 18.9. The summed E-state index contributed by atoms with van der Waals surface area (Å²) >= 11 is 0. The fraction of sp³-hybridized carbons (Fsp3) is 0.588. The molecule has 124 valence electrons. The van der Waals surface area contributed by atoms with E-state index < -0.39 is 5.97 Å². The highest BCUT2D eigenvalue weighted by Crippen LogP contribution is 2.17. The molecule has 2 rings (SSSR count). The summed E-state index contributed by atoms with van der Waals surface area (Å²) in [6.45, 7) is 4.73. The number of ether oxygens (including phenoxy) is 1. The van der Waals surface area contributed by atoms with Crippen LogP contribution in [0.2, 0.25) is 0 Å². The van der Waals surface area contributed by atoms with Gasteiger partial charge in [-0.25, -0.2) is 0 Å². The Balaban J connectivity index is 0.00000242. The van der Waals surface area contributed by atoms with Gasteiger partial charge in [-0.1, -0.05) is 30.3 Å². The minimum Gasteiger partial charge on any atom is -0.481 e. The minimum atomic E-state index is -0.691. The van der Waals surface area contributed by atoms with Crippen LogP contribution in [0.3, 0.4) is 0 Å². The highest BCUT2D eigenvalue weighted by Gasteiger charge is 2.21. The van der Waals surface area contributed by atoms with Gasteiger partial charge in [-0.2, -0.15) is 0 Å². The molecule has 5 heteroatoms. The van der Waals surface area contributed by atoms with Gasteiger partial charge in [-0.15, -0.1) is 12.4 Å². The largest absolute Gasteiger partial charge is 0.481 e. The van der Waals surface area contributed by atoms with Crippen LogP contribution in [0, 0.1) is 5.92 Å². The maximum Gasteiger partial charge on any atom is 0.303 e. The molecule has 1 aromatic rings. The van der Waals surface area contributed by atoms with Crippen molar-refractivity contribution in [3.8, 4) is 0 Å². The second-order valence-corrected chi connectivity index (χ2v) is 5.81. The SMILES string of the molecule is Cl.O=C(O)CCCCN1CCC(COCc2ccccc2)C1. The molecule has 1 aromatic carbocycles. The number of hydrogen-bond donors (Lipinski definition) is 1. The van der Waals surface area contributed by atoms with E-state index in [1.807, 2.05) is 18.2 Å². The number of halogens is 1. The maximum atomic E-state index is 10.5. The molecular weight excluding hydrogens is 302 g/mol. The zero-order chi connectivity index (χ0) is 14.9. The topological polar surface area (TPSA) is 49.8 Å². The van der Waals surface area contributed by atoms with Crippen LogP contribution in [0.1, 0.15) is 31.2 Å². The molecule has 22 heavy (non-hydrogen) atoms. The number of hydrogen-bond acceptors (Lipinski definition) is 3. The van der Waals surface area contributed by atoms with Crippen LogP contribution in [0.4, 0.5) is 0 Å². The van der Waals surface area contributed by atoms with Gasteiger partial charge in [0.2, 0.25) is 0 Å². The monoisotopic (exact) mass is 327 g/mol. The summed E-state index contributed by atoms with van der Waals surface area (Å²) in [6.07, 6.45) is 3.23. The van der Waals surface area contributed by atoms with Crippen LogP contribution in [0.5, 0.6) is 0 Å². The number of carboxylic acids is 1. The number of rotatable bonds is 9. The van der Waals surface area contributed by atoms with Gasteiger partial charge < -0.3 is 14.7 Å². The molecule has 0 aliphatic carbocycles. The summed E-state index contributed by atoms with van der Waals surface area (Å²) < 4.78 is 5.80. The van der Waals surface area contributed by atoms with Crippen molar-refractivity contribution in [2.75, 3.05) is 26.2 Å². The van der Waals surface area contributed by atoms with Crippen molar-refractivity contribution in [1.29, 1.82) is 0 Å². The second-order valence-electron chi connectivity index (χ2n) is 5.81. The van der Waals surface area contributed by atoms with Crippen molar-refractivity contribution < 1.29 is 14.6 Å². The van der Waals surface area contributed by atoms with Gasteiger partial charge in [-0.3, -0.25) is 4.79 Å². The third-order valence-corrected chi connectivity index (χ3v) is 3.95. The van der Waals surface area contributed by atoms with Crippen molar-refractivity contribution in [3.05, 3.63) is 35.9 Å². The Morgan fingerprint density at radius 1 is 1.27 bits per heavy atom. The highest BCUT2D eigenvalue weighted by atomic mass is 35.5. The molecule has 1 saturated heterocycles. The van der Waals surface area contributed by atoms with Crippen molar-refractivity contribution >= 4 is 18.4 Å². The van der Waals surface area contributed by atoms with Crippen LogP contribution in [0.25, 0.3) is 0 Å². The van der Waals surface area contributed by atoms with E-state index >= 15 is 0 Å². The van der Waals surface area contributed by atoms with Gasteiger partial charge in [0, 0.05) is 13.0 Å². The Labute approximate surface area is 138 Å². The fourth-order valence-corrected chi connectivity index (χ4v) is 2.78. The average molecular weight is 328 g/mol. The summed E-state index contributed by atoms with van der Waals surface area (Å²) in [5, 5.41) is 8.61. The van der Waals surface area contributed by atoms with Crippen LogP contribution >= 0.6 is 12.4 Å². The van der Waals surface area contributed by atoms with E-state index in [2.05, 4.69) is 17.0 Å². The average Bonchev–Trinajstić information content (AvgIpc) is 2.92. The molecule has 1 aliphatic rings. The van der Waals surface area contributed by atoms with Crippen molar-refractivity contribution in [1.82, 2.24) is 4.90 Å². The van der Waals surface area contributed by atoms with Gasteiger partial charge in [0.1, 0.15) is 0 Å². The van der Waals surface area contributed by atoms with Crippen molar-refractivity contribution in [2.45, 2.75) is 32.3 Å². The summed E-state index contributed by atoms with van der Waals surface area (Å²) in [5.74, 6) is -0.0724. The summed E-state index contributed by atoms with van der Waals surface area (Å²) in [7, 11) is 0. The van der Waals surface area contributed by atoms with Crippen LogP contribution in [0.15, 0.2) is 30.3 Å². The van der Waals surface area contributed by atoms with E-state index in [1.165, 1.54) is 12.0 Å². The molecule has 0 amide bonds. The summed E-state index contributed by atoms with van der Waals surface area (Å²) in [4.78, 5) is 12.9. The van der Waals surface area contributed by atoms with Gasteiger partial charge in [0.25, 0.3) is 0 Å². The molecule has 0 aromatic heterocycles. The van der Waals surface area contributed by atoms with Crippen molar-refractivity contribution in [2.24, 2.45) is 5.92 Å². The molecule has 0 spiro atoms. The number of benzene rings is 1. The van der Waals surface area contributed by atoms with Crippen LogP contribution < -0.4 is 0 Å². The molecule has 1 unspecified atom stereocenters. The molecule has 1 aliphatic heterocycles. The predicted molar refractivity (Wildman–Crippen MR) is 89.4 cm³/mol. The first-order valence-electron chi connectivity index (χ1n) is 7.80. The third-order valence-electron chi connectivity index (χ3n) is 3.95. The molecule has 1 atom stereocenters. The third kappa shape index (κ3) is 7.25. The fourth-order valence-electron chi connectivity index (χ4n) is 2.78. The smallest absolute Gasteiger partial charge is 0.303 e. The molecule has 4 nitrogen and oxygen atoms in total. The van der Waals surface area contributed by atoms with Gasteiger partial charge in [0.05, 0.1) is 13.2 Å². The minimum absolute atomic E-state index is 0. The molecule has 0 radical (unpaired) electrons. The second kappa shape index (κ2) is 10.6. The van der Waals surface area contributed by atoms with Gasteiger partial charge in [0.15, 0.2) is 0 Å². The highest BCUT2D eigenvalue weighted by molar-refractivity contribution is 5.85. The normalized spacial score (nSPS) is 18.1. The lowest BCUT2D eigenvalue weighted by Gasteiger charge is -2.15. The van der Waals surface area contributed by atoms with E-state index in [4.69, 9.17) is 9.84 Å². The van der Waals surface area contributed by atoms with E-state index in [0.717, 1.165) is 39.1 Å². The number of unbranched alkanes of at least 4 members (excludes halogenated alkanes) is 1. The number of carboxylic acid groups (broad SMARTS) is 1. The van der Waals surface area contributed by atoms with Gasteiger partial charge >= 0.3 is 5.97 Å². The predicted octanol–water partition coefficient (Wildman–Crippen LogP) is 3.20. The van der Waals surface area contributed by atoms with E-state index in [0.29, 0.717) is 12.5 Å². The Morgan fingerprint density at radius 2 is 2.05 bits per heavy atom. The Bertz CT molecular complexity index is 427. The first-order chi connectivity index (χ1) is 10.2. The first-order valence-corrected chi connectivity index (χ1v) is 7.80. The number of likely N-dealkylation sites (tertiary alicyclic amines) is 1. The summed E-state index contributed by atoms with van der Waals surface area (Å²) in [5.41, 5.74) is 1.22. The number of carbonyl (C=O) groups is 1. The lowest BCUT2D eigenvalue weighted by Crippen LogP contribution is -2.23. The quantitative estimate of drug-likeness (QED) is 0.708. The Kier molecular flexibility index (Phi) is 9.13. The van der Waals surface area contributed by atoms with Gasteiger partial charge in [-0.05, 0) is 43.8 Å². The van der Waals surface area contributed by atoms with Crippen LogP contribution in [-0.4, -0.2) is 42.2 Å². The van der Waals surface area contributed by atoms with E-state index in [1.54, 1.807) is 0 Å². The zero-order valence-electron chi connectivity index (χ0n) is 12.9. The molecule has 1 heterocycles. The number of nitrogens with zero attached hydrogens (tertiary/aromatic N) is 1. The molecule has 0 saturated carbocycles. The van der Waals surface area contributed by atoms with Crippen molar-refractivity contribution in [3.63, 3.8) is 0 Å². The van der Waals surface area contributed by atoms with E-state index in [9.17, 15) is 4.79 Å². The molecule has 1 fully saturated rings. The Hall–Kier alpha value is -1.10. The lowest BCUT2D eigenvalue weighted by atomic mass is 10.1. The van der Waals surface area contributed by atoms with Crippen LogP contribution in [-0.2, 0) is 16.1 Å². The lowest BCUT2D eigenvalue weighted by molar-refractivity contribution is -0.137. The summed E-state index contributed by atoms with van der Waals surface area (Å²) in [6, 6.07) is 10.3. The van der Waals surface area contributed by atoms with E-state index in [-0.39, 0.29) is 18.8 Å². The maximum absolute atomic E-state index is 10.5. The zero-order valence-corrected chi connectivity index (χ0v) is 13.8. The molecule has 1 N–H and O–H groups in total. The molecule has 0 bridgehead atoms. The number of aliphatic carboxylic acids is 1.